The van der Waals surface area contributed by atoms with Gasteiger partial charge in [-0.05, 0) is 50.7 Å². The van der Waals surface area contributed by atoms with Crippen LogP contribution in [0.3, 0.4) is 0 Å². The average molecular weight is 681 g/mol. The van der Waals surface area contributed by atoms with Crippen LogP contribution in [0.25, 0.3) is 0 Å². The van der Waals surface area contributed by atoms with Gasteiger partial charge in [-0.15, -0.1) is 0 Å². The molecule has 49 heavy (non-hydrogen) atoms. The molecular formula is C38H56N4O7. The molecule has 11 nitrogen and oxygen atoms in total. The van der Waals surface area contributed by atoms with Crippen molar-refractivity contribution in [2.24, 2.45) is 5.92 Å². The standard InChI is InChI=1S/C38H56N4O7/c1-5-6-22-30(40-35(45)32(24-28-18-12-8-13-19-28)42-37(47)49-38(2,3)4)34(44)41-31(23-27-16-10-7-11-17-27)33(43)25-39-36(46)48-26-29-20-14-9-15-21-29/h8-9,12-15,18-21,27,30-33,43H,5-7,10-11,16-17,22-26H2,1-4H3,(H,39,46)(H,40,45)(H,41,44)(H,42,47)/t30-,31-,32-,33-/m0/s1. The molecule has 270 valence electrons. The number of carbonyl (C=O) groups is 4. The van der Waals surface area contributed by atoms with Crippen LogP contribution in [0, 0.1) is 5.92 Å². The Morgan fingerprint density at radius 3 is 2.04 bits per heavy atom. The molecule has 1 fully saturated rings. The minimum atomic E-state index is -1.09. The molecule has 4 amide bonds. The van der Waals surface area contributed by atoms with Gasteiger partial charge in [0.2, 0.25) is 11.8 Å². The molecule has 1 saturated carbocycles. The van der Waals surface area contributed by atoms with E-state index in [1.165, 1.54) is 0 Å². The fourth-order valence-electron chi connectivity index (χ4n) is 5.94. The van der Waals surface area contributed by atoms with Crippen LogP contribution in [0.4, 0.5) is 9.59 Å². The molecule has 0 saturated heterocycles. The highest BCUT2D eigenvalue weighted by Gasteiger charge is 2.32. The molecule has 1 aliphatic rings. The Morgan fingerprint density at radius 2 is 1.43 bits per heavy atom. The summed E-state index contributed by atoms with van der Waals surface area (Å²) in [6, 6.07) is 16.0. The average Bonchev–Trinajstić information content (AvgIpc) is 3.07. The first-order valence-corrected chi connectivity index (χ1v) is 17.7. The van der Waals surface area contributed by atoms with E-state index in [1.807, 2.05) is 67.6 Å². The highest BCUT2D eigenvalue weighted by Crippen LogP contribution is 2.28. The fourth-order valence-corrected chi connectivity index (χ4v) is 5.94. The molecule has 2 aromatic carbocycles. The van der Waals surface area contributed by atoms with Crippen molar-refractivity contribution in [1.29, 1.82) is 0 Å². The fraction of sp³-hybridized carbons (Fsp3) is 0.579. The first kappa shape index (κ1) is 39.3. The molecule has 0 heterocycles. The third kappa shape index (κ3) is 15.3. The second-order valence-electron chi connectivity index (χ2n) is 14.0. The molecule has 2 aromatic rings. The first-order valence-electron chi connectivity index (χ1n) is 17.7. The van der Waals surface area contributed by atoms with Crippen molar-refractivity contribution >= 4 is 24.0 Å². The van der Waals surface area contributed by atoms with Crippen molar-refractivity contribution < 1.29 is 33.8 Å². The maximum Gasteiger partial charge on any atom is 0.408 e. The zero-order valence-electron chi connectivity index (χ0n) is 29.5. The SMILES string of the molecule is CCCC[C@H](NC(=O)[C@H](Cc1ccccc1)NC(=O)OC(C)(C)C)C(=O)N[C@@H](CC1CCCCC1)[C@@H](O)CNC(=O)OCc1ccccc1. The molecule has 0 bridgehead atoms. The largest absolute Gasteiger partial charge is 0.445 e. The van der Waals surface area contributed by atoms with Crippen LogP contribution in [-0.4, -0.2) is 65.5 Å². The summed E-state index contributed by atoms with van der Waals surface area (Å²) >= 11 is 0. The summed E-state index contributed by atoms with van der Waals surface area (Å²) < 4.78 is 10.7. The number of rotatable bonds is 17. The Labute approximate surface area is 291 Å². The van der Waals surface area contributed by atoms with Gasteiger partial charge < -0.3 is 35.8 Å². The van der Waals surface area contributed by atoms with Crippen LogP contribution in [0.2, 0.25) is 0 Å². The lowest BCUT2D eigenvalue weighted by Crippen LogP contribution is -2.57. The Kier molecular flexibility index (Phi) is 16.4. The predicted molar refractivity (Wildman–Crippen MR) is 189 cm³/mol. The zero-order chi connectivity index (χ0) is 35.6. The second kappa shape index (κ2) is 20.4. The van der Waals surface area contributed by atoms with E-state index in [2.05, 4.69) is 21.3 Å². The van der Waals surface area contributed by atoms with E-state index in [4.69, 9.17) is 9.47 Å². The van der Waals surface area contributed by atoms with Crippen LogP contribution in [0.1, 0.15) is 96.6 Å². The lowest BCUT2D eigenvalue weighted by atomic mass is 9.83. The Morgan fingerprint density at radius 1 is 0.816 bits per heavy atom. The summed E-state index contributed by atoms with van der Waals surface area (Å²) in [5.74, 6) is -0.627. The van der Waals surface area contributed by atoms with Crippen LogP contribution in [0.5, 0.6) is 0 Å². The Balaban J connectivity index is 1.71. The summed E-state index contributed by atoms with van der Waals surface area (Å²) in [5.41, 5.74) is 0.912. The van der Waals surface area contributed by atoms with Gasteiger partial charge in [-0.25, -0.2) is 9.59 Å². The van der Waals surface area contributed by atoms with Crippen molar-refractivity contribution in [2.75, 3.05) is 6.54 Å². The lowest BCUT2D eigenvalue weighted by Gasteiger charge is -2.32. The Bertz CT molecular complexity index is 1300. The third-order valence-corrected chi connectivity index (χ3v) is 8.54. The molecule has 4 atom stereocenters. The summed E-state index contributed by atoms with van der Waals surface area (Å²) in [7, 11) is 0. The smallest absolute Gasteiger partial charge is 0.408 e. The lowest BCUT2D eigenvalue weighted by molar-refractivity contribution is -0.131. The van der Waals surface area contributed by atoms with E-state index < -0.39 is 53.8 Å². The second-order valence-corrected chi connectivity index (χ2v) is 14.0. The topological polar surface area (TPSA) is 155 Å². The maximum absolute atomic E-state index is 13.9. The van der Waals surface area contributed by atoms with Crippen molar-refractivity contribution in [1.82, 2.24) is 21.3 Å². The minimum Gasteiger partial charge on any atom is -0.445 e. The quantitative estimate of drug-likeness (QED) is 0.147. The van der Waals surface area contributed by atoms with Crippen LogP contribution in [0.15, 0.2) is 60.7 Å². The van der Waals surface area contributed by atoms with Gasteiger partial charge in [0.05, 0.1) is 12.1 Å². The van der Waals surface area contributed by atoms with Gasteiger partial charge in [-0.3, -0.25) is 9.59 Å². The summed E-state index contributed by atoms with van der Waals surface area (Å²) in [6.07, 6.45) is 5.44. The molecule has 5 N–H and O–H groups in total. The molecule has 0 spiro atoms. The van der Waals surface area contributed by atoms with Gasteiger partial charge in [0, 0.05) is 13.0 Å². The summed E-state index contributed by atoms with van der Waals surface area (Å²) in [5, 5.41) is 22.5. The number of amides is 4. The van der Waals surface area contributed by atoms with Gasteiger partial charge in [0.1, 0.15) is 24.3 Å². The molecule has 1 aliphatic carbocycles. The van der Waals surface area contributed by atoms with Gasteiger partial charge in [-0.2, -0.15) is 0 Å². The normalized spacial score (nSPS) is 15.9. The number of hydrogen-bond donors (Lipinski definition) is 5. The van der Waals surface area contributed by atoms with Crippen molar-refractivity contribution in [3.8, 4) is 0 Å². The first-order chi connectivity index (χ1) is 23.4. The number of aliphatic hydroxyl groups is 1. The maximum atomic E-state index is 13.9. The highest BCUT2D eigenvalue weighted by atomic mass is 16.6. The van der Waals surface area contributed by atoms with Gasteiger partial charge in [0.25, 0.3) is 0 Å². The third-order valence-electron chi connectivity index (χ3n) is 8.54. The van der Waals surface area contributed by atoms with E-state index in [9.17, 15) is 24.3 Å². The van der Waals surface area contributed by atoms with Gasteiger partial charge >= 0.3 is 12.2 Å². The number of aliphatic hydroxyl groups excluding tert-OH is 1. The van der Waals surface area contributed by atoms with Crippen molar-refractivity contribution in [3.63, 3.8) is 0 Å². The van der Waals surface area contributed by atoms with E-state index in [0.29, 0.717) is 25.2 Å². The Hall–Kier alpha value is -4.12. The van der Waals surface area contributed by atoms with Crippen molar-refractivity contribution in [3.05, 3.63) is 71.8 Å². The van der Waals surface area contributed by atoms with Crippen LogP contribution in [-0.2, 0) is 32.1 Å². The number of alkyl carbamates (subject to hydrolysis) is 2. The molecule has 11 heteroatoms. The molecule has 0 radical (unpaired) electrons. The number of unbranched alkanes of at least 4 members (excludes halogenated alkanes) is 1. The summed E-state index contributed by atoms with van der Waals surface area (Å²) in [6.45, 7) is 7.20. The molecule has 0 aliphatic heterocycles. The van der Waals surface area contributed by atoms with E-state index in [-0.39, 0.29) is 19.6 Å². The number of hydrogen-bond acceptors (Lipinski definition) is 7. The number of nitrogens with one attached hydrogen (secondary N) is 4. The summed E-state index contributed by atoms with van der Waals surface area (Å²) in [4.78, 5) is 52.8. The van der Waals surface area contributed by atoms with E-state index in [1.54, 1.807) is 20.8 Å². The molecule has 0 unspecified atom stereocenters. The predicted octanol–water partition coefficient (Wildman–Crippen LogP) is 5.54. The van der Waals surface area contributed by atoms with Gasteiger partial charge in [-0.1, -0.05) is 113 Å². The molecule has 0 aromatic heterocycles. The van der Waals surface area contributed by atoms with E-state index in [0.717, 1.165) is 49.7 Å². The van der Waals surface area contributed by atoms with E-state index >= 15 is 0 Å². The minimum absolute atomic E-state index is 0.0951. The number of ether oxygens (including phenoxy) is 2. The van der Waals surface area contributed by atoms with Crippen molar-refractivity contribution in [2.45, 2.75) is 128 Å². The monoisotopic (exact) mass is 680 g/mol. The molecular weight excluding hydrogens is 624 g/mol. The van der Waals surface area contributed by atoms with Crippen LogP contribution >= 0.6 is 0 Å². The number of benzene rings is 2. The van der Waals surface area contributed by atoms with Gasteiger partial charge in [0.15, 0.2) is 0 Å². The van der Waals surface area contributed by atoms with Crippen LogP contribution < -0.4 is 21.3 Å². The zero-order valence-corrected chi connectivity index (χ0v) is 29.5. The highest BCUT2D eigenvalue weighted by molar-refractivity contribution is 5.91. The molecule has 3 rings (SSSR count). The number of carbonyl (C=O) groups excluding carboxylic acids is 4.